The minimum absolute atomic E-state index is 0.00581. The lowest BCUT2D eigenvalue weighted by Crippen LogP contribution is -2.45. The van der Waals surface area contributed by atoms with Crippen LogP contribution in [0.3, 0.4) is 0 Å². The van der Waals surface area contributed by atoms with Crippen LogP contribution in [0.15, 0.2) is 16.9 Å². The van der Waals surface area contributed by atoms with Gasteiger partial charge in [-0.15, -0.1) is 0 Å². The normalized spacial score (nSPS) is 17.6. The SMILES string of the molecule is NCC(NC(=O)c1ccc(=O)[nH]n1)C1CCCC1. The second-order valence-corrected chi connectivity index (χ2v) is 4.67. The van der Waals surface area contributed by atoms with Crippen molar-refractivity contribution in [2.24, 2.45) is 11.7 Å². The molecule has 1 unspecified atom stereocenters. The summed E-state index contributed by atoms with van der Waals surface area (Å²) in [5.74, 6) is 0.176. The van der Waals surface area contributed by atoms with Crippen molar-refractivity contribution in [2.75, 3.05) is 6.54 Å². The smallest absolute Gasteiger partial charge is 0.271 e. The van der Waals surface area contributed by atoms with Gasteiger partial charge in [0.15, 0.2) is 0 Å². The van der Waals surface area contributed by atoms with Crippen LogP contribution >= 0.6 is 0 Å². The number of H-pyrrole nitrogens is 1. The van der Waals surface area contributed by atoms with Crippen LogP contribution in [0.4, 0.5) is 0 Å². The van der Waals surface area contributed by atoms with E-state index in [9.17, 15) is 9.59 Å². The lowest BCUT2D eigenvalue weighted by atomic mass is 9.98. The highest BCUT2D eigenvalue weighted by Gasteiger charge is 2.25. The molecule has 1 aliphatic carbocycles. The van der Waals surface area contributed by atoms with Gasteiger partial charge >= 0.3 is 0 Å². The van der Waals surface area contributed by atoms with E-state index in [2.05, 4.69) is 15.5 Å². The maximum Gasteiger partial charge on any atom is 0.271 e. The first-order chi connectivity index (χ1) is 8.70. The fourth-order valence-corrected chi connectivity index (χ4v) is 2.44. The van der Waals surface area contributed by atoms with Gasteiger partial charge in [-0.2, -0.15) is 5.10 Å². The van der Waals surface area contributed by atoms with Crippen molar-refractivity contribution in [1.29, 1.82) is 0 Å². The van der Waals surface area contributed by atoms with Gasteiger partial charge in [-0.25, -0.2) is 5.10 Å². The average Bonchev–Trinajstić information content (AvgIpc) is 2.90. The standard InChI is InChI=1S/C12H18N4O2/c13-7-10(8-3-1-2-4-8)14-12(18)9-5-6-11(17)16-15-9/h5-6,8,10H,1-4,7,13H2,(H,14,18)(H,16,17). The molecule has 6 nitrogen and oxygen atoms in total. The Morgan fingerprint density at radius 1 is 1.50 bits per heavy atom. The van der Waals surface area contributed by atoms with Crippen molar-refractivity contribution in [1.82, 2.24) is 15.5 Å². The topological polar surface area (TPSA) is 101 Å². The van der Waals surface area contributed by atoms with E-state index in [0.717, 1.165) is 12.8 Å². The molecular weight excluding hydrogens is 232 g/mol. The van der Waals surface area contributed by atoms with E-state index >= 15 is 0 Å². The van der Waals surface area contributed by atoms with Gasteiger partial charge in [0.1, 0.15) is 5.69 Å². The van der Waals surface area contributed by atoms with Gasteiger partial charge in [-0.3, -0.25) is 9.59 Å². The summed E-state index contributed by atoms with van der Waals surface area (Å²) >= 11 is 0. The Morgan fingerprint density at radius 3 is 2.78 bits per heavy atom. The third-order valence-electron chi connectivity index (χ3n) is 3.45. The van der Waals surface area contributed by atoms with Crippen LogP contribution in [0.2, 0.25) is 0 Å². The number of nitrogens with two attached hydrogens (primary N) is 1. The van der Waals surface area contributed by atoms with Crippen LogP contribution in [0.1, 0.15) is 36.2 Å². The molecule has 4 N–H and O–H groups in total. The third kappa shape index (κ3) is 2.95. The van der Waals surface area contributed by atoms with Crippen LogP contribution in [-0.2, 0) is 0 Å². The maximum absolute atomic E-state index is 11.9. The highest BCUT2D eigenvalue weighted by Crippen LogP contribution is 2.27. The summed E-state index contributed by atoms with van der Waals surface area (Å²) in [5, 5.41) is 8.84. The molecular formula is C12H18N4O2. The number of aromatic amines is 1. The quantitative estimate of drug-likeness (QED) is 0.701. The lowest BCUT2D eigenvalue weighted by Gasteiger charge is -2.22. The molecule has 1 saturated carbocycles. The van der Waals surface area contributed by atoms with Crippen molar-refractivity contribution < 1.29 is 4.79 Å². The van der Waals surface area contributed by atoms with Crippen LogP contribution < -0.4 is 16.6 Å². The van der Waals surface area contributed by atoms with Crippen LogP contribution in [-0.4, -0.2) is 28.7 Å². The summed E-state index contributed by atoms with van der Waals surface area (Å²) in [6.45, 7) is 0.430. The molecule has 6 heteroatoms. The summed E-state index contributed by atoms with van der Waals surface area (Å²) in [7, 11) is 0. The average molecular weight is 250 g/mol. The zero-order chi connectivity index (χ0) is 13.0. The van der Waals surface area contributed by atoms with E-state index in [0.29, 0.717) is 12.5 Å². The van der Waals surface area contributed by atoms with E-state index in [-0.39, 0.29) is 23.2 Å². The van der Waals surface area contributed by atoms with E-state index in [1.165, 1.54) is 25.0 Å². The summed E-state index contributed by atoms with van der Waals surface area (Å²) in [6.07, 6.45) is 4.63. The summed E-state index contributed by atoms with van der Waals surface area (Å²) < 4.78 is 0. The Kier molecular flexibility index (Phi) is 4.09. The Morgan fingerprint density at radius 2 is 2.22 bits per heavy atom. The van der Waals surface area contributed by atoms with Crippen LogP contribution in [0.25, 0.3) is 0 Å². The van der Waals surface area contributed by atoms with E-state index in [4.69, 9.17) is 5.73 Å². The maximum atomic E-state index is 11.9. The number of rotatable bonds is 4. The molecule has 0 aromatic carbocycles. The third-order valence-corrected chi connectivity index (χ3v) is 3.45. The Bertz CT molecular complexity index is 445. The molecule has 1 aromatic heterocycles. The van der Waals surface area contributed by atoms with Gasteiger partial charge in [0.05, 0.1) is 0 Å². The van der Waals surface area contributed by atoms with E-state index in [1.807, 2.05) is 0 Å². The first-order valence-electron chi connectivity index (χ1n) is 6.27. The molecule has 1 heterocycles. The molecule has 0 bridgehead atoms. The van der Waals surface area contributed by atoms with Gasteiger partial charge in [0.25, 0.3) is 11.5 Å². The molecule has 1 aromatic rings. The Hall–Kier alpha value is -1.69. The summed E-state index contributed by atoms with van der Waals surface area (Å²) in [6, 6.07) is 2.69. The predicted molar refractivity (Wildman–Crippen MR) is 67.1 cm³/mol. The molecule has 98 valence electrons. The van der Waals surface area contributed by atoms with Gasteiger partial charge in [-0.05, 0) is 24.8 Å². The zero-order valence-electron chi connectivity index (χ0n) is 10.2. The van der Waals surface area contributed by atoms with Crippen molar-refractivity contribution in [3.05, 3.63) is 28.2 Å². The second kappa shape index (κ2) is 5.77. The number of carbonyl (C=O) groups excluding carboxylic acids is 1. The van der Waals surface area contributed by atoms with Gasteiger partial charge in [0, 0.05) is 18.7 Å². The highest BCUT2D eigenvalue weighted by molar-refractivity contribution is 5.92. The molecule has 0 aliphatic heterocycles. The van der Waals surface area contributed by atoms with E-state index < -0.39 is 0 Å². The van der Waals surface area contributed by atoms with Gasteiger partial charge in [-0.1, -0.05) is 12.8 Å². The lowest BCUT2D eigenvalue weighted by molar-refractivity contribution is 0.0918. The minimum Gasteiger partial charge on any atom is -0.346 e. The summed E-state index contributed by atoms with van der Waals surface area (Å²) in [5.41, 5.74) is 5.60. The fraction of sp³-hybridized carbons (Fsp3) is 0.583. The first kappa shape index (κ1) is 12.8. The molecule has 2 rings (SSSR count). The number of nitrogens with zero attached hydrogens (tertiary/aromatic N) is 1. The molecule has 1 fully saturated rings. The number of carbonyl (C=O) groups is 1. The largest absolute Gasteiger partial charge is 0.346 e. The molecule has 0 radical (unpaired) electrons. The van der Waals surface area contributed by atoms with Crippen molar-refractivity contribution in [3.63, 3.8) is 0 Å². The Balaban J connectivity index is 2.00. The van der Waals surface area contributed by atoms with Crippen LogP contribution in [0.5, 0.6) is 0 Å². The first-order valence-corrected chi connectivity index (χ1v) is 6.27. The molecule has 1 amide bonds. The zero-order valence-corrected chi connectivity index (χ0v) is 10.2. The molecule has 1 atom stereocenters. The number of amides is 1. The molecule has 1 aliphatic rings. The summed E-state index contributed by atoms with van der Waals surface area (Å²) in [4.78, 5) is 22.8. The number of hydrogen-bond acceptors (Lipinski definition) is 4. The Labute approximate surface area is 105 Å². The molecule has 18 heavy (non-hydrogen) atoms. The number of aromatic nitrogens is 2. The van der Waals surface area contributed by atoms with Crippen molar-refractivity contribution in [2.45, 2.75) is 31.7 Å². The monoisotopic (exact) mass is 250 g/mol. The second-order valence-electron chi connectivity index (χ2n) is 4.67. The van der Waals surface area contributed by atoms with Crippen molar-refractivity contribution >= 4 is 5.91 Å². The van der Waals surface area contributed by atoms with Crippen molar-refractivity contribution in [3.8, 4) is 0 Å². The minimum atomic E-state index is -0.322. The number of nitrogens with one attached hydrogen (secondary N) is 2. The molecule has 0 saturated heterocycles. The van der Waals surface area contributed by atoms with Gasteiger partial charge < -0.3 is 11.1 Å². The number of hydrogen-bond donors (Lipinski definition) is 3. The van der Waals surface area contributed by atoms with Gasteiger partial charge in [0.2, 0.25) is 0 Å². The predicted octanol–water partition coefficient (Wildman–Crippen LogP) is 0.0172. The molecule has 0 spiro atoms. The van der Waals surface area contributed by atoms with Crippen LogP contribution in [0, 0.1) is 5.92 Å². The highest BCUT2D eigenvalue weighted by atomic mass is 16.2. The fourth-order valence-electron chi connectivity index (χ4n) is 2.44. The van der Waals surface area contributed by atoms with E-state index in [1.54, 1.807) is 0 Å².